The molecular formula is C7H6BrNO2. The topological polar surface area (TPSA) is 50.2 Å². The van der Waals surface area contributed by atoms with E-state index in [1.54, 1.807) is 0 Å². The highest BCUT2D eigenvalue weighted by Crippen LogP contribution is 2.24. The fraction of sp³-hybridized carbons (Fsp3) is 0.143. The van der Waals surface area contributed by atoms with E-state index in [4.69, 9.17) is 0 Å². The first-order chi connectivity index (χ1) is 5.13. The van der Waals surface area contributed by atoms with Gasteiger partial charge in [-0.1, -0.05) is 0 Å². The average Bonchev–Trinajstić information content (AvgIpc) is 1.94. The molecule has 0 radical (unpaired) electrons. The van der Waals surface area contributed by atoms with Crippen molar-refractivity contribution in [1.82, 2.24) is 4.98 Å². The zero-order valence-electron chi connectivity index (χ0n) is 5.84. The number of nitrogens with zero attached hydrogens (tertiary/aromatic N) is 1. The summed E-state index contributed by atoms with van der Waals surface area (Å²) in [6.07, 6.45) is 1.46. The Kier molecular flexibility index (Phi) is 2.24. The lowest BCUT2D eigenvalue weighted by molar-refractivity contribution is 0.101. The van der Waals surface area contributed by atoms with Gasteiger partial charge in [-0.05, 0) is 28.9 Å². The van der Waals surface area contributed by atoms with E-state index in [2.05, 4.69) is 20.9 Å². The van der Waals surface area contributed by atoms with Gasteiger partial charge in [0, 0.05) is 6.20 Å². The third-order valence-corrected chi connectivity index (χ3v) is 1.84. The minimum absolute atomic E-state index is 0.0972. The number of carbonyl (C=O) groups excluding carboxylic acids is 1. The van der Waals surface area contributed by atoms with Crippen LogP contribution >= 0.6 is 15.9 Å². The number of Topliss-reactive ketones (excluding diaryl/α,β-unsaturated/α-hetero) is 1. The van der Waals surface area contributed by atoms with E-state index in [9.17, 15) is 9.90 Å². The summed E-state index contributed by atoms with van der Waals surface area (Å²) in [5, 5.41) is 9.24. The molecule has 0 aliphatic rings. The molecule has 58 valence electrons. The summed E-state index contributed by atoms with van der Waals surface area (Å²) in [7, 11) is 0. The quantitative estimate of drug-likeness (QED) is 0.574. The number of aromatic nitrogens is 1. The Balaban J connectivity index is 3.27. The predicted octanol–water partition coefficient (Wildman–Crippen LogP) is 1.75. The van der Waals surface area contributed by atoms with Crippen LogP contribution in [0.1, 0.15) is 17.3 Å². The highest BCUT2D eigenvalue weighted by atomic mass is 79.9. The van der Waals surface area contributed by atoms with E-state index >= 15 is 0 Å². The van der Waals surface area contributed by atoms with E-state index in [0.717, 1.165) is 0 Å². The van der Waals surface area contributed by atoms with Crippen LogP contribution < -0.4 is 0 Å². The van der Waals surface area contributed by atoms with Crippen LogP contribution in [0.5, 0.6) is 5.75 Å². The molecule has 0 atom stereocenters. The Morgan fingerprint density at radius 2 is 2.36 bits per heavy atom. The Hall–Kier alpha value is -0.900. The van der Waals surface area contributed by atoms with E-state index in [1.165, 1.54) is 19.2 Å². The van der Waals surface area contributed by atoms with E-state index in [0.29, 0.717) is 4.60 Å². The van der Waals surface area contributed by atoms with Crippen molar-refractivity contribution in [3.05, 3.63) is 22.4 Å². The van der Waals surface area contributed by atoms with Crippen molar-refractivity contribution in [3.63, 3.8) is 0 Å². The van der Waals surface area contributed by atoms with Crippen LogP contribution in [0.25, 0.3) is 0 Å². The second-order valence-corrected chi connectivity index (χ2v) is 2.81. The third kappa shape index (κ3) is 1.57. The van der Waals surface area contributed by atoms with Crippen LogP contribution in [0.3, 0.4) is 0 Å². The first-order valence-corrected chi connectivity index (χ1v) is 3.76. The van der Waals surface area contributed by atoms with Crippen molar-refractivity contribution < 1.29 is 9.90 Å². The number of pyridine rings is 1. The zero-order chi connectivity index (χ0) is 8.43. The molecular weight excluding hydrogens is 210 g/mol. The zero-order valence-corrected chi connectivity index (χ0v) is 7.42. The number of aromatic hydroxyl groups is 1. The van der Waals surface area contributed by atoms with Crippen LogP contribution in [-0.4, -0.2) is 15.9 Å². The van der Waals surface area contributed by atoms with Gasteiger partial charge in [-0.15, -0.1) is 0 Å². The van der Waals surface area contributed by atoms with Gasteiger partial charge < -0.3 is 5.11 Å². The molecule has 1 aromatic heterocycles. The molecule has 1 heterocycles. The van der Waals surface area contributed by atoms with Crippen molar-refractivity contribution in [1.29, 1.82) is 0 Å². The first-order valence-electron chi connectivity index (χ1n) is 2.97. The molecule has 0 aromatic carbocycles. The van der Waals surface area contributed by atoms with Gasteiger partial charge in [-0.3, -0.25) is 4.79 Å². The minimum atomic E-state index is -0.175. The van der Waals surface area contributed by atoms with Gasteiger partial charge in [0.25, 0.3) is 0 Å². The first kappa shape index (κ1) is 8.20. The van der Waals surface area contributed by atoms with E-state index < -0.39 is 0 Å². The lowest BCUT2D eigenvalue weighted by atomic mass is 10.2. The molecule has 1 rings (SSSR count). The van der Waals surface area contributed by atoms with Gasteiger partial charge in [-0.25, -0.2) is 4.98 Å². The van der Waals surface area contributed by atoms with Gasteiger partial charge >= 0.3 is 0 Å². The van der Waals surface area contributed by atoms with E-state index in [-0.39, 0.29) is 17.1 Å². The lowest BCUT2D eigenvalue weighted by Crippen LogP contribution is -1.93. The van der Waals surface area contributed by atoms with Gasteiger partial charge in [0.2, 0.25) is 0 Å². The molecule has 0 saturated heterocycles. The molecule has 11 heavy (non-hydrogen) atoms. The number of hydrogen-bond donors (Lipinski definition) is 1. The SMILES string of the molecule is CC(=O)c1ccnc(Br)c1O. The molecule has 0 bridgehead atoms. The Morgan fingerprint density at radius 3 is 2.82 bits per heavy atom. The molecule has 0 aliphatic heterocycles. The monoisotopic (exact) mass is 215 g/mol. The molecule has 3 nitrogen and oxygen atoms in total. The van der Waals surface area contributed by atoms with Crippen molar-refractivity contribution in [2.24, 2.45) is 0 Å². The maximum Gasteiger partial charge on any atom is 0.163 e. The highest BCUT2D eigenvalue weighted by Gasteiger charge is 2.08. The van der Waals surface area contributed by atoms with Crippen molar-refractivity contribution in [3.8, 4) is 5.75 Å². The smallest absolute Gasteiger partial charge is 0.163 e. The summed E-state index contributed by atoms with van der Waals surface area (Å²) in [6, 6.07) is 1.47. The van der Waals surface area contributed by atoms with Crippen LogP contribution in [0, 0.1) is 0 Å². The minimum Gasteiger partial charge on any atom is -0.504 e. The maximum absolute atomic E-state index is 10.8. The second kappa shape index (κ2) is 3.00. The maximum atomic E-state index is 10.8. The number of carbonyl (C=O) groups is 1. The molecule has 1 aromatic rings. The molecule has 4 heteroatoms. The van der Waals surface area contributed by atoms with Gasteiger partial charge in [0.15, 0.2) is 11.5 Å². The summed E-state index contributed by atoms with van der Waals surface area (Å²) < 4.78 is 0.296. The van der Waals surface area contributed by atoms with Crippen LogP contribution in [0.15, 0.2) is 16.9 Å². The molecule has 0 saturated carbocycles. The number of ketones is 1. The van der Waals surface area contributed by atoms with Gasteiger partial charge in [0.1, 0.15) is 4.60 Å². The molecule has 0 amide bonds. The Labute approximate surface area is 72.2 Å². The molecule has 0 fully saturated rings. The summed E-state index contributed by atoms with van der Waals surface area (Å²) in [5.74, 6) is -0.273. The molecule has 0 aliphatic carbocycles. The second-order valence-electron chi connectivity index (χ2n) is 2.05. The fourth-order valence-electron chi connectivity index (χ4n) is 0.713. The van der Waals surface area contributed by atoms with Crippen LogP contribution in [-0.2, 0) is 0 Å². The highest BCUT2D eigenvalue weighted by molar-refractivity contribution is 9.10. The van der Waals surface area contributed by atoms with Crippen LogP contribution in [0.2, 0.25) is 0 Å². The number of rotatable bonds is 1. The van der Waals surface area contributed by atoms with Gasteiger partial charge in [-0.2, -0.15) is 0 Å². The van der Waals surface area contributed by atoms with Crippen molar-refractivity contribution >= 4 is 21.7 Å². The largest absolute Gasteiger partial charge is 0.504 e. The lowest BCUT2D eigenvalue weighted by Gasteiger charge is -1.99. The standard InChI is InChI=1S/C7H6BrNO2/c1-4(10)5-2-3-9-7(8)6(5)11/h2-3,11H,1H3. The summed E-state index contributed by atoms with van der Waals surface area (Å²) in [5.41, 5.74) is 0.284. The summed E-state index contributed by atoms with van der Waals surface area (Å²) in [4.78, 5) is 14.5. The Bertz CT molecular complexity index is 298. The average molecular weight is 216 g/mol. The van der Waals surface area contributed by atoms with Crippen LogP contribution in [0.4, 0.5) is 0 Å². The summed E-state index contributed by atoms with van der Waals surface area (Å²) >= 11 is 3.00. The predicted molar refractivity (Wildman–Crippen MR) is 43.6 cm³/mol. The summed E-state index contributed by atoms with van der Waals surface area (Å²) in [6.45, 7) is 1.39. The number of hydrogen-bond acceptors (Lipinski definition) is 3. The van der Waals surface area contributed by atoms with Crippen molar-refractivity contribution in [2.75, 3.05) is 0 Å². The van der Waals surface area contributed by atoms with Crippen molar-refractivity contribution in [2.45, 2.75) is 6.92 Å². The normalized spacial score (nSPS) is 9.64. The Morgan fingerprint density at radius 1 is 1.73 bits per heavy atom. The fourth-order valence-corrected chi connectivity index (χ4v) is 1.04. The molecule has 1 N–H and O–H groups in total. The van der Waals surface area contributed by atoms with E-state index in [1.807, 2.05) is 0 Å². The molecule has 0 spiro atoms. The van der Waals surface area contributed by atoms with Gasteiger partial charge in [0.05, 0.1) is 5.56 Å². The number of halogens is 1. The molecule has 0 unspecified atom stereocenters. The third-order valence-electron chi connectivity index (χ3n) is 1.26.